The van der Waals surface area contributed by atoms with Gasteiger partial charge >= 0.3 is 5.97 Å². The van der Waals surface area contributed by atoms with Crippen LogP contribution in [0.25, 0.3) is 22.6 Å². The molecule has 0 atom stereocenters. The first kappa shape index (κ1) is 11.3. The maximum absolute atomic E-state index is 13.3. The quantitative estimate of drug-likeness (QED) is 0.731. The topological polar surface area (TPSA) is 91.8 Å². The van der Waals surface area contributed by atoms with Gasteiger partial charge in [-0.05, 0) is 12.1 Å². The molecular weight excluding hydrogens is 251 g/mol. The van der Waals surface area contributed by atoms with Gasteiger partial charge in [0.05, 0.1) is 17.3 Å². The monoisotopic (exact) mass is 258 g/mol. The van der Waals surface area contributed by atoms with Gasteiger partial charge in [0.25, 0.3) is 0 Å². The van der Waals surface area contributed by atoms with Gasteiger partial charge in [0.15, 0.2) is 5.82 Å². The molecule has 2 heterocycles. The Bertz CT molecular complexity index is 770. The van der Waals surface area contributed by atoms with Crippen LogP contribution in [-0.2, 0) is 0 Å². The number of nitrogens with zero attached hydrogens (tertiary/aromatic N) is 3. The number of imidazole rings is 1. The van der Waals surface area contributed by atoms with Crippen molar-refractivity contribution in [3.63, 3.8) is 0 Å². The number of benzene rings is 1. The number of aromatic amines is 1. The molecule has 0 radical (unpaired) electrons. The lowest BCUT2D eigenvalue weighted by Gasteiger charge is -1.95. The van der Waals surface area contributed by atoms with Crippen LogP contribution in [-0.4, -0.2) is 31.0 Å². The number of carboxylic acid groups (broad SMARTS) is 1. The maximum atomic E-state index is 13.3. The molecule has 0 aliphatic carbocycles. The van der Waals surface area contributed by atoms with Crippen LogP contribution in [0.3, 0.4) is 0 Å². The van der Waals surface area contributed by atoms with E-state index in [1.165, 1.54) is 24.7 Å². The lowest BCUT2D eigenvalue weighted by molar-refractivity contribution is 0.0698. The molecule has 19 heavy (non-hydrogen) atoms. The predicted molar refractivity (Wildman–Crippen MR) is 64.0 cm³/mol. The normalized spacial score (nSPS) is 10.8. The van der Waals surface area contributed by atoms with Crippen LogP contribution in [0.4, 0.5) is 4.39 Å². The van der Waals surface area contributed by atoms with E-state index in [-0.39, 0.29) is 11.1 Å². The molecule has 2 N–H and O–H groups in total. The SMILES string of the molecule is O=C(O)c1cc(F)cc2[nH]c(-c3cnccn3)nc12. The Morgan fingerprint density at radius 2 is 2.16 bits per heavy atom. The Kier molecular flexibility index (Phi) is 2.45. The molecule has 0 bridgehead atoms. The molecule has 7 heteroatoms. The number of hydrogen-bond donors (Lipinski definition) is 2. The number of aromatic nitrogens is 4. The van der Waals surface area contributed by atoms with E-state index in [1.807, 2.05) is 0 Å². The molecule has 0 amide bonds. The molecule has 0 unspecified atom stereocenters. The van der Waals surface area contributed by atoms with Crippen LogP contribution in [0.2, 0.25) is 0 Å². The molecule has 3 rings (SSSR count). The lowest BCUT2D eigenvalue weighted by atomic mass is 10.2. The fourth-order valence-corrected chi connectivity index (χ4v) is 1.79. The van der Waals surface area contributed by atoms with Crippen LogP contribution in [0.15, 0.2) is 30.7 Å². The van der Waals surface area contributed by atoms with E-state index in [0.29, 0.717) is 17.0 Å². The van der Waals surface area contributed by atoms with Gasteiger partial charge in [-0.3, -0.25) is 4.98 Å². The standard InChI is InChI=1S/C12H7FN4O2/c13-6-3-7(12(18)19)10-8(4-6)16-11(17-10)9-5-14-1-2-15-9/h1-5H,(H,16,17)(H,18,19). The Morgan fingerprint density at radius 3 is 2.84 bits per heavy atom. The molecule has 94 valence electrons. The average molecular weight is 258 g/mol. The fourth-order valence-electron chi connectivity index (χ4n) is 1.79. The summed E-state index contributed by atoms with van der Waals surface area (Å²) in [4.78, 5) is 26.0. The predicted octanol–water partition coefficient (Wildman–Crippen LogP) is 1.86. The summed E-state index contributed by atoms with van der Waals surface area (Å²) in [6, 6.07) is 2.13. The molecule has 0 saturated carbocycles. The van der Waals surface area contributed by atoms with Crippen molar-refractivity contribution < 1.29 is 14.3 Å². The Labute approximate surface area is 106 Å². The van der Waals surface area contributed by atoms with E-state index in [0.717, 1.165) is 6.07 Å². The second-order valence-corrected chi connectivity index (χ2v) is 3.83. The summed E-state index contributed by atoms with van der Waals surface area (Å²) >= 11 is 0. The summed E-state index contributed by atoms with van der Waals surface area (Å²) < 4.78 is 13.3. The van der Waals surface area contributed by atoms with E-state index in [4.69, 9.17) is 5.11 Å². The number of rotatable bonds is 2. The molecule has 1 aromatic carbocycles. The van der Waals surface area contributed by atoms with Crippen molar-refractivity contribution in [2.75, 3.05) is 0 Å². The Balaban J connectivity index is 2.26. The average Bonchev–Trinajstić information content (AvgIpc) is 2.82. The zero-order chi connectivity index (χ0) is 13.4. The van der Waals surface area contributed by atoms with Crippen molar-refractivity contribution in [2.45, 2.75) is 0 Å². The van der Waals surface area contributed by atoms with Crippen LogP contribution in [0.5, 0.6) is 0 Å². The number of carboxylic acids is 1. The van der Waals surface area contributed by atoms with E-state index in [1.54, 1.807) is 0 Å². The maximum Gasteiger partial charge on any atom is 0.338 e. The molecule has 0 saturated heterocycles. The third kappa shape index (κ3) is 1.90. The molecule has 0 spiro atoms. The summed E-state index contributed by atoms with van der Waals surface area (Å²) in [5.74, 6) is -1.53. The minimum absolute atomic E-state index is 0.189. The van der Waals surface area contributed by atoms with E-state index < -0.39 is 11.8 Å². The zero-order valence-electron chi connectivity index (χ0n) is 9.46. The van der Waals surface area contributed by atoms with E-state index >= 15 is 0 Å². The second kappa shape index (κ2) is 4.13. The highest BCUT2D eigenvalue weighted by atomic mass is 19.1. The van der Waals surface area contributed by atoms with Crippen molar-refractivity contribution in [2.24, 2.45) is 0 Å². The van der Waals surface area contributed by atoms with E-state index in [9.17, 15) is 9.18 Å². The van der Waals surface area contributed by atoms with Gasteiger partial charge in [0.2, 0.25) is 0 Å². The summed E-state index contributed by atoms with van der Waals surface area (Å²) in [5, 5.41) is 9.04. The Hall–Kier alpha value is -2.83. The van der Waals surface area contributed by atoms with Crippen molar-refractivity contribution in [3.8, 4) is 11.5 Å². The first-order chi connectivity index (χ1) is 9.15. The third-order valence-electron chi connectivity index (χ3n) is 2.59. The second-order valence-electron chi connectivity index (χ2n) is 3.83. The fraction of sp³-hybridized carbons (Fsp3) is 0. The molecule has 3 aromatic rings. The van der Waals surface area contributed by atoms with Crippen LogP contribution < -0.4 is 0 Å². The molecule has 2 aromatic heterocycles. The molecule has 0 aliphatic rings. The van der Waals surface area contributed by atoms with Crippen molar-refractivity contribution in [1.82, 2.24) is 19.9 Å². The van der Waals surface area contributed by atoms with Crippen LogP contribution in [0, 0.1) is 5.82 Å². The highest BCUT2D eigenvalue weighted by Gasteiger charge is 2.16. The first-order valence-corrected chi connectivity index (χ1v) is 5.34. The zero-order valence-corrected chi connectivity index (χ0v) is 9.46. The molecule has 0 aliphatic heterocycles. The number of nitrogens with one attached hydrogen (secondary N) is 1. The van der Waals surface area contributed by atoms with Crippen molar-refractivity contribution >= 4 is 17.0 Å². The van der Waals surface area contributed by atoms with Gasteiger partial charge < -0.3 is 10.1 Å². The van der Waals surface area contributed by atoms with Gasteiger partial charge in [-0.15, -0.1) is 0 Å². The Morgan fingerprint density at radius 1 is 1.32 bits per heavy atom. The number of carbonyl (C=O) groups is 1. The van der Waals surface area contributed by atoms with E-state index in [2.05, 4.69) is 19.9 Å². The highest BCUT2D eigenvalue weighted by Crippen LogP contribution is 2.22. The number of aromatic carboxylic acids is 1. The van der Waals surface area contributed by atoms with Gasteiger partial charge in [-0.1, -0.05) is 0 Å². The summed E-state index contributed by atoms with van der Waals surface area (Å²) in [5.41, 5.74) is 0.754. The van der Waals surface area contributed by atoms with Gasteiger partial charge in [0, 0.05) is 12.4 Å². The van der Waals surface area contributed by atoms with Crippen molar-refractivity contribution in [1.29, 1.82) is 0 Å². The minimum Gasteiger partial charge on any atom is -0.478 e. The number of H-pyrrole nitrogens is 1. The van der Waals surface area contributed by atoms with Gasteiger partial charge in [-0.2, -0.15) is 0 Å². The number of halogens is 1. The first-order valence-electron chi connectivity index (χ1n) is 5.34. The highest BCUT2D eigenvalue weighted by molar-refractivity contribution is 6.01. The third-order valence-corrected chi connectivity index (χ3v) is 2.59. The van der Waals surface area contributed by atoms with Crippen LogP contribution >= 0.6 is 0 Å². The minimum atomic E-state index is -1.23. The molecule has 6 nitrogen and oxygen atoms in total. The summed E-state index contributed by atoms with van der Waals surface area (Å²) in [6.07, 6.45) is 4.48. The molecular formula is C12H7FN4O2. The smallest absolute Gasteiger partial charge is 0.338 e. The number of hydrogen-bond acceptors (Lipinski definition) is 4. The number of fused-ring (bicyclic) bond motifs is 1. The van der Waals surface area contributed by atoms with Crippen molar-refractivity contribution in [3.05, 3.63) is 42.1 Å². The molecule has 0 fully saturated rings. The largest absolute Gasteiger partial charge is 0.478 e. The summed E-state index contributed by atoms with van der Waals surface area (Å²) in [6.45, 7) is 0. The van der Waals surface area contributed by atoms with Gasteiger partial charge in [-0.25, -0.2) is 19.2 Å². The lowest BCUT2D eigenvalue weighted by Crippen LogP contribution is -1.98. The van der Waals surface area contributed by atoms with Crippen LogP contribution in [0.1, 0.15) is 10.4 Å². The van der Waals surface area contributed by atoms with Gasteiger partial charge in [0.1, 0.15) is 17.0 Å². The summed E-state index contributed by atoms with van der Waals surface area (Å²) in [7, 11) is 0.